The summed E-state index contributed by atoms with van der Waals surface area (Å²) in [6.45, 7) is 3.20. The van der Waals surface area contributed by atoms with Crippen LogP contribution in [0.15, 0.2) is 27.4 Å². The maximum absolute atomic E-state index is 11.8. The molecule has 2 aromatic rings. The molecule has 0 aliphatic heterocycles. The number of hydrogen-bond acceptors (Lipinski definition) is 6. The highest BCUT2D eigenvalue weighted by molar-refractivity contribution is 7.98. The average Bonchev–Trinajstić information content (AvgIpc) is 2.57. The number of hydrogen-bond donors (Lipinski definition) is 2. The van der Waals surface area contributed by atoms with Crippen LogP contribution in [0.4, 0.5) is 0 Å². The lowest BCUT2D eigenvalue weighted by molar-refractivity contribution is -0.141. The third kappa shape index (κ3) is 4.54. The second-order valence-electron chi connectivity index (χ2n) is 5.50. The smallest absolute Gasteiger partial charge is 0.339 e. The predicted octanol–water partition coefficient (Wildman–Crippen LogP) is 1.72. The molecule has 1 amide bonds. The number of aliphatic carboxylic acids is 1. The summed E-state index contributed by atoms with van der Waals surface area (Å²) in [6, 6.07) is 3.99. The van der Waals surface area contributed by atoms with Gasteiger partial charge in [0, 0.05) is 22.8 Å². The van der Waals surface area contributed by atoms with Crippen LogP contribution in [-0.4, -0.2) is 41.6 Å². The van der Waals surface area contributed by atoms with Gasteiger partial charge in [-0.2, -0.15) is 11.8 Å². The van der Waals surface area contributed by atoms with E-state index < -0.39 is 23.5 Å². The highest BCUT2D eigenvalue weighted by atomic mass is 32.2. The minimum absolute atomic E-state index is 0.265. The van der Waals surface area contributed by atoms with Gasteiger partial charge in [-0.05, 0) is 37.8 Å². The Morgan fingerprint density at radius 1 is 1.32 bits per heavy atom. The molecule has 1 aromatic carbocycles. The van der Waals surface area contributed by atoms with E-state index in [-0.39, 0.29) is 12.4 Å². The third-order valence-corrected chi connectivity index (χ3v) is 4.43. The summed E-state index contributed by atoms with van der Waals surface area (Å²) in [4.78, 5) is 34.6. The molecule has 0 bridgehead atoms. The normalized spacial score (nSPS) is 12.0. The van der Waals surface area contributed by atoms with Gasteiger partial charge in [0.1, 0.15) is 17.4 Å². The Kier molecular flexibility index (Phi) is 6.08. The lowest BCUT2D eigenvalue weighted by Gasteiger charge is -2.14. The summed E-state index contributed by atoms with van der Waals surface area (Å²) in [5.74, 6) is -1.02. The number of ether oxygens (including phenoxy) is 1. The van der Waals surface area contributed by atoms with E-state index in [9.17, 15) is 14.4 Å². The molecule has 8 heteroatoms. The van der Waals surface area contributed by atoms with Crippen LogP contribution in [-0.2, 0) is 9.59 Å². The van der Waals surface area contributed by atoms with E-state index in [1.807, 2.05) is 6.92 Å². The number of carboxylic acids is 1. The molecule has 0 radical (unpaired) electrons. The summed E-state index contributed by atoms with van der Waals surface area (Å²) >= 11 is 1.32. The molecular weight excluding hydrogens is 346 g/mol. The fraction of sp³-hybridized carbons (Fsp3) is 0.353. The SMILES string of the molecule is CSCC(NC(=O)COc1ccc2c(C)c(C)c(=O)oc2c1)C(=O)O. The number of carbonyl (C=O) groups excluding carboxylic acids is 1. The Balaban J connectivity index is 2.08. The van der Waals surface area contributed by atoms with Gasteiger partial charge in [-0.15, -0.1) is 0 Å². The molecule has 0 saturated carbocycles. The molecule has 2 rings (SSSR count). The summed E-state index contributed by atoms with van der Waals surface area (Å²) in [5, 5.41) is 12.2. The first-order chi connectivity index (χ1) is 11.8. The summed E-state index contributed by atoms with van der Waals surface area (Å²) in [7, 11) is 0. The molecule has 2 N–H and O–H groups in total. The van der Waals surface area contributed by atoms with Crippen molar-refractivity contribution in [2.75, 3.05) is 18.6 Å². The van der Waals surface area contributed by atoms with Crippen LogP contribution in [0.5, 0.6) is 5.75 Å². The first-order valence-electron chi connectivity index (χ1n) is 7.51. The summed E-state index contributed by atoms with van der Waals surface area (Å²) in [6.07, 6.45) is 1.76. The molecule has 0 saturated heterocycles. The van der Waals surface area contributed by atoms with Crippen LogP contribution in [0.3, 0.4) is 0 Å². The maximum Gasteiger partial charge on any atom is 0.339 e. The minimum Gasteiger partial charge on any atom is -0.484 e. The first-order valence-corrected chi connectivity index (χ1v) is 8.90. The van der Waals surface area contributed by atoms with Crippen molar-refractivity contribution in [3.63, 3.8) is 0 Å². The first kappa shape index (κ1) is 18.9. The van der Waals surface area contributed by atoms with Crippen LogP contribution >= 0.6 is 11.8 Å². The largest absolute Gasteiger partial charge is 0.484 e. The van der Waals surface area contributed by atoms with Crippen molar-refractivity contribution in [2.45, 2.75) is 19.9 Å². The second-order valence-corrected chi connectivity index (χ2v) is 6.41. The van der Waals surface area contributed by atoms with Crippen LogP contribution in [0.25, 0.3) is 11.0 Å². The molecule has 0 aliphatic rings. The van der Waals surface area contributed by atoms with E-state index in [0.29, 0.717) is 16.9 Å². The van der Waals surface area contributed by atoms with Crippen molar-refractivity contribution in [1.82, 2.24) is 5.32 Å². The van der Waals surface area contributed by atoms with E-state index in [4.69, 9.17) is 14.3 Å². The van der Waals surface area contributed by atoms with Gasteiger partial charge in [0.05, 0.1) is 0 Å². The molecule has 0 spiro atoms. The highest BCUT2D eigenvalue weighted by Gasteiger charge is 2.19. The predicted molar refractivity (Wildman–Crippen MR) is 95.4 cm³/mol. The summed E-state index contributed by atoms with van der Waals surface area (Å²) < 4.78 is 10.6. The van der Waals surface area contributed by atoms with Gasteiger partial charge in [0.2, 0.25) is 0 Å². The topological polar surface area (TPSA) is 106 Å². The Morgan fingerprint density at radius 2 is 2.04 bits per heavy atom. The Bertz CT molecular complexity index is 860. The lowest BCUT2D eigenvalue weighted by atomic mass is 10.1. The second kappa shape index (κ2) is 8.06. The number of nitrogens with one attached hydrogen (secondary N) is 1. The molecule has 134 valence electrons. The van der Waals surface area contributed by atoms with Crippen LogP contribution in [0.2, 0.25) is 0 Å². The average molecular weight is 365 g/mol. The fourth-order valence-electron chi connectivity index (χ4n) is 2.24. The molecule has 1 atom stereocenters. The Hall–Kier alpha value is -2.48. The van der Waals surface area contributed by atoms with Crippen molar-refractivity contribution >= 4 is 34.6 Å². The van der Waals surface area contributed by atoms with E-state index in [1.165, 1.54) is 17.8 Å². The highest BCUT2D eigenvalue weighted by Crippen LogP contribution is 2.23. The minimum atomic E-state index is -1.10. The van der Waals surface area contributed by atoms with Gasteiger partial charge < -0.3 is 19.6 Å². The van der Waals surface area contributed by atoms with Gasteiger partial charge in [-0.1, -0.05) is 0 Å². The van der Waals surface area contributed by atoms with Crippen LogP contribution in [0, 0.1) is 13.8 Å². The van der Waals surface area contributed by atoms with Gasteiger partial charge in [-0.3, -0.25) is 4.79 Å². The number of rotatable bonds is 7. The van der Waals surface area contributed by atoms with Gasteiger partial charge >= 0.3 is 11.6 Å². The van der Waals surface area contributed by atoms with Crippen molar-refractivity contribution in [3.05, 3.63) is 39.7 Å². The van der Waals surface area contributed by atoms with Crippen molar-refractivity contribution in [1.29, 1.82) is 0 Å². The number of benzene rings is 1. The lowest BCUT2D eigenvalue weighted by Crippen LogP contribution is -2.44. The molecule has 7 nitrogen and oxygen atoms in total. The van der Waals surface area contributed by atoms with Crippen LogP contribution in [0.1, 0.15) is 11.1 Å². The Labute approximate surface area is 148 Å². The van der Waals surface area contributed by atoms with Crippen molar-refractivity contribution in [3.8, 4) is 5.75 Å². The molecule has 1 heterocycles. The molecule has 25 heavy (non-hydrogen) atoms. The van der Waals surface area contributed by atoms with Gasteiger partial charge in [0.25, 0.3) is 5.91 Å². The summed E-state index contributed by atoms with van der Waals surface area (Å²) in [5.41, 5.74) is 1.34. The monoisotopic (exact) mass is 365 g/mol. The molecule has 1 unspecified atom stereocenters. The number of fused-ring (bicyclic) bond motifs is 1. The standard InChI is InChI=1S/C17H19NO6S/c1-9-10(2)17(22)24-14-6-11(4-5-12(9)14)23-7-15(19)18-13(8-25-3)16(20)21/h4-6,13H,7-8H2,1-3H3,(H,18,19)(H,20,21). The van der Waals surface area contributed by atoms with Gasteiger partial charge in [-0.25, -0.2) is 9.59 Å². The number of carboxylic acid groups (broad SMARTS) is 1. The van der Waals surface area contributed by atoms with E-state index >= 15 is 0 Å². The molecule has 0 aliphatic carbocycles. The molecule has 0 fully saturated rings. The van der Waals surface area contributed by atoms with E-state index in [0.717, 1.165) is 10.9 Å². The number of aryl methyl sites for hydroxylation is 1. The molecule has 1 aromatic heterocycles. The zero-order valence-electron chi connectivity index (χ0n) is 14.1. The van der Waals surface area contributed by atoms with E-state index in [1.54, 1.807) is 25.3 Å². The van der Waals surface area contributed by atoms with Crippen molar-refractivity contribution in [2.24, 2.45) is 0 Å². The van der Waals surface area contributed by atoms with Gasteiger partial charge in [0.15, 0.2) is 6.61 Å². The van der Waals surface area contributed by atoms with E-state index in [2.05, 4.69) is 5.32 Å². The quantitative estimate of drug-likeness (QED) is 0.720. The zero-order chi connectivity index (χ0) is 18.6. The number of thioether (sulfide) groups is 1. The fourth-order valence-corrected chi connectivity index (χ4v) is 2.80. The Morgan fingerprint density at radius 3 is 2.68 bits per heavy atom. The maximum atomic E-state index is 11.8. The number of amides is 1. The van der Waals surface area contributed by atoms with Crippen molar-refractivity contribution < 1.29 is 23.8 Å². The third-order valence-electron chi connectivity index (χ3n) is 3.77. The number of carbonyl (C=O) groups is 2. The zero-order valence-corrected chi connectivity index (χ0v) is 14.9. The van der Waals surface area contributed by atoms with Crippen LogP contribution < -0.4 is 15.7 Å². The molecular formula is C17H19NO6S.